The molecule has 0 atom stereocenters. The summed E-state index contributed by atoms with van der Waals surface area (Å²) in [5.74, 6) is 0.0185. The SMILES string of the molecule is CC1(C)C(=O)NCCN1c1ccc(C#N)cc1Br. The van der Waals surface area contributed by atoms with E-state index in [0.29, 0.717) is 12.1 Å². The van der Waals surface area contributed by atoms with Crippen molar-refractivity contribution < 1.29 is 4.79 Å². The van der Waals surface area contributed by atoms with E-state index >= 15 is 0 Å². The van der Waals surface area contributed by atoms with Crippen LogP contribution < -0.4 is 10.2 Å². The Morgan fingerprint density at radius 1 is 1.50 bits per heavy atom. The summed E-state index contributed by atoms with van der Waals surface area (Å²) in [5, 5.41) is 11.7. The fraction of sp³-hybridized carbons (Fsp3) is 0.385. The number of benzene rings is 1. The number of piperazine rings is 1. The number of amides is 1. The molecule has 5 heteroatoms. The van der Waals surface area contributed by atoms with Crippen molar-refractivity contribution in [2.75, 3.05) is 18.0 Å². The molecule has 1 aliphatic rings. The summed E-state index contributed by atoms with van der Waals surface area (Å²) < 4.78 is 0.837. The zero-order valence-corrected chi connectivity index (χ0v) is 11.9. The molecule has 0 radical (unpaired) electrons. The van der Waals surface area contributed by atoms with E-state index in [1.807, 2.05) is 19.9 Å². The van der Waals surface area contributed by atoms with E-state index < -0.39 is 5.54 Å². The second-order valence-electron chi connectivity index (χ2n) is 4.74. The minimum atomic E-state index is -0.588. The molecule has 18 heavy (non-hydrogen) atoms. The van der Waals surface area contributed by atoms with Crippen LogP contribution in [0.3, 0.4) is 0 Å². The van der Waals surface area contributed by atoms with E-state index in [9.17, 15) is 4.79 Å². The third-order valence-electron chi connectivity index (χ3n) is 3.22. The second kappa shape index (κ2) is 4.62. The highest BCUT2D eigenvalue weighted by Crippen LogP contribution is 2.33. The minimum absolute atomic E-state index is 0.0185. The van der Waals surface area contributed by atoms with Crippen molar-refractivity contribution in [3.8, 4) is 6.07 Å². The van der Waals surface area contributed by atoms with Crippen molar-refractivity contribution in [1.82, 2.24) is 5.32 Å². The molecule has 1 amide bonds. The van der Waals surface area contributed by atoms with E-state index in [2.05, 4.69) is 32.2 Å². The Morgan fingerprint density at radius 2 is 2.22 bits per heavy atom. The summed E-state index contributed by atoms with van der Waals surface area (Å²) in [4.78, 5) is 14.0. The van der Waals surface area contributed by atoms with Crippen LogP contribution in [0, 0.1) is 11.3 Å². The summed E-state index contributed by atoms with van der Waals surface area (Å²) in [6, 6.07) is 7.52. The number of hydrogen-bond donors (Lipinski definition) is 1. The first-order chi connectivity index (χ1) is 8.46. The number of nitriles is 1. The van der Waals surface area contributed by atoms with E-state index in [4.69, 9.17) is 5.26 Å². The molecule has 4 nitrogen and oxygen atoms in total. The first-order valence-corrected chi connectivity index (χ1v) is 6.51. The normalized spacial score (nSPS) is 18.1. The third-order valence-corrected chi connectivity index (χ3v) is 3.85. The lowest BCUT2D eigenvalue weighted by molar-refractivity contribution is -0.126. The van der Waals surface area contributed by atoms with Crippen LogP contribution in [0.1, 0.15) is 19.4 Å². The predicted molar refractivity (Wildman–Crippen MR) is 73.3 cm³/mol. The highest BCUT2D eigenvalue weighted by atomic mass is 79.9. The molecule has 1 fully saturated rings. The Balaban J connectivity index is 2.42. The lowest BCUT2D eigenvalue weighted by Crippen LogP contribution is -2.62. The average Bonchev–Trinajstić information content (AvgIpc) is 2.33. The zero-order chi connectivity index (χ0) is 13.3. The molecule has 94 valence electrons. The molecule has 2 rings (SSSR count). The predicted octanol–water partition coefficient (Wildman–Crippen LogP) is 2.04. The third kappa shape index (κ3) is 2.08. The molecule has 1 aliphatic heterocycles. The quantitative estimate of drug-likeness (QED) is 0.864. The molecule has 1 N–H and O–H groups in total. The van der Waals surface area contributed by atoms with Gasteiger partial charge in [0, 0.05) is 17.6 Å². The molecular formula is C13H14BrN3O. The Hall–Kier alpha value is -1.54. The summed E-state index contributed by atoms with van der Waals surface area (Å²) in [7, 11) is 0. The Morgan fingerprint density at radius 3 is 2.83 bits per heavy atom. The van der Waals surface area contributed by atoms with Gasteiger partial charge in [-0.3, -0.25) is 4.79 Å². The summed E-state index contributed by atoms with van der Waals surface area (Å²) in [6.07, 6.45) is 0. The largest absolute Gasteiger partial charge is 0.355 e. The fourth-order valence-electron chi connectivity index (χ4n) is 2.12. The molecule has 0 aliphatic carbocycles. The highest BCUT2D eigenvalue weighted by Gasteiger charge is 2.38. The van der Waals surface area contributed by atoms with Crippen LogP contribution in [0.15, 0.2) is 22.7 Å². The van der Waals surface area contributed by atoms with Gasteiger partial charge in [-0.05, 0) is 48.0 Å². The number of carbonyl (C=O) groups excluding carboxylic acids is 1. The number of rotatable bonds is 1. The van der Waals surface area contributed by atoms with Gasteiger partial charge in [0.1, 0.15) is 5.54 Å². The molecule has 0 saturated carbocycles. The van der Waals surface area contributed by atoms with Gasteiger partial charge in [0.25, 0.3) is 0 Å². The average molecular weight is 308 g/mol. The maximum absolute atomic E-state index is 11.9. The van der Waals surface area contributed by atoms with Crippen molar-refractivity contribution in [1.29, 1.82) is 5.26 Å². The Labute approximate surface area is 115 Å². The van der Waals surface area contributed by atoms with Crippen molar-refractivity contribution in [3.63, 3.8) is 0 Å². The monoisotopic (exact) mass is 307 g/mol. The lowest BCUT2D eigenvalue weighted by Gasteiger charge is -2.43. The molecule has 0 spiro atoms. The van der Waals surface area contributed by atoms with Crippen LogP contribution in [0.25, 0.3) is 0 Å². The lowest BCUT2D eigenvalue weighted by atomic mass is 9.97. The molecule has 1 aromatic rings. The Bertz CT molecular complexity index is 534. The zero-order valence-electron chi connectivity index (χ0n) is 10.3. The number of carbonyl (C=O) groups is 1. The van der Waals surface area contributed by atoms with Crippen LogP contribution in [-0.4, -0.2) is 24.5 Å². The maximum atomic E-state index is 11.9. The highest BCUT2D eigenvalue weighted by molar-refractivity contribution is 9.10. The Kier molecular flexibility index (Phi) is 3.31. The second-order valence-corrected chi connectivity index (χ2v) is 5.60. The topological polar surface area (TPSA) is 56.1 Å². The van der Waals surface area contributed by atoms with Gasteiger partial charge in [-0.15, -0.1) is 0 Å². The maximum Gasteiger partial charge on any atom is 0.245 e. The van der Waals surface area contributed by atoms with E-state index in [0.717, 1.165) is 16.7 Å². The summed E-state index contributed by atoms with van der Waals surface area (Å²) >= 11 is 3.47. The molecule has 0 unspecified atom stereocenters. The molecule has 1 heterocycles. The first-order valence-electron chi connectivity index (χ1n) is 5.72. The van der Waals surface area contributed by atoms with E-state index in [1.54, 1.807) is 12.1 Å². The number of halogens is 1. The number of anilines is 1. The first kappa shape index (κ1) is 12.9. The minimum Gasteiger partial charge on any atom is -0.355 e. The standard InChI is InChI=1S/C13H14BrN3O/c1-13(2)12(18)16-5-6-17(13)11-4-3-9(8-15)7-10(11)14/h3-4,7H,5-6H2,1-2H3,(H,16,18). The molecule has 0 bridgehead atoms. The molecule has 1 saturated heterocycles. The van der Waals surface area contributed by atoms with E-state index in [-0.39, 0.29) is 5.91 Å². The fourth-order valence-corrected chi connectivity index (χ4v) is 2.71. The van der Waals surface area contributed by atoms with Gasteiger partial charge in [0.15, 0.2) is 0 Å². The van der Waals surface area contributed by atoms with Gasteiger partial charge in [-0.2, -0.15) is 5.26 Å². The number of nitrogens with one attached hydrogen (secondary N) is 1. The van der Waals surface area contributed by atoms with Gasteiger partial charge in [-0.1, -0.05) is 0 Å². The smallest absolute Gasteiger partial charge is 0.245 e. The van der Waals surface area contributed by atoms with Crippen LogP contribution in [-0.2, 0) is 4.79 Å². The van der Waals surface area contributed by atoms with Crippen LogP contribution in [0.2, 0.25) is 0 Å². The van der Waals surface area contributed by atoms with Crippen molar-refractivity contribution in [3.05, 3.63) is 28.2 Å². The van der Waals surface area contributed by atoms with Crippen LogP contribution in [0.4, 0.5) is 5.69 Å². The van der Waals surface area contributed by atoms with Gasteiger partial charge in [-0.25, -0.2) is 0 Å². The number of nitrogens with zero attached hydrogens (tertiary/aromatic N) is 2. The van der Waals surface area contributed by atoms with E-state index in [1.165, 1.54) is 0 Å². The van der Waals surface area contributed by atoms with Crippen LogP contribution >= 0.6 is 15.9 Å². The van der Waals surface area contributed by atoms with Gasteiger partial charge in [0.2, 0.25) is 5.91 Å². The molecule has 0 aromatic heterocycles. The molecular weight excluding hydrogens is 294 g/mol. The van der Waals surface area contributed by atoms with Crippen molar-refractivity contribution in [2.24, 2.45) is 0 Å². The van der Waals surface area contributed by atoms with Crippen LogP contribution in [0.5, 0.6) is 0 Å². The summed E-state index contributed by atoms with van der Waals surface area (Å²) in [6.45, 7) is 5.18. The van der Waals surface area contributed by atoms with Gasteiger partial charge >= 0.3 is 0 Å². The van der Waals surface area contributed by atoms with Crippen molar-refractivity contribution >= 4 is 27.5 Å². The summed E-state index contributed by atoms with van der Waals surface area (Å²) in [5.41, 5.74) is 0.952. The molecule has 1 aromatic carbocycles. The number of hydrogen-bond acceptors (Lipinski definition) is 3. The van der Waals surface area contributed by atoms with Gasteiger partial charge < -0.3 is 10.2 Å². The van der Waals surface area contributed by atoms with Crippen molar-refractivity contribution in [2.45, 2.75) is 19.4 Å². The van der Waals surface area contributed by atoms with Gasteiger partial charge in [0.05, 0.1) is 17.3 Å².